The lowest BCUT2D eigenvalue weighted by Crippen LogP contribution is -2.27. The van der Waals surface area contributed by atoms with Gasteiger partial charge in [0.05, 0.1) is 0 Å². The van der Waals surface area contributed by atoms with Gasteiger partial charge in [0, 0.05) is 12.3 Å². The molecule has 1 fully saturated rings. The molecule has 2 unspecified atom stereocenters. The lowest BCUT2D eigenvalue weighted by molar-refractivity contribution is -0.149. The zero-order valence-electron chi connectivity index (χ0n) is 12.0. The molecule has 104 valence electrons. The van der Waals surface area contributed by atoms with Crippen LogP contribution in [0, 0.1) is 5.92 Å². The van der Waals surface area contributed by atoms with Crippen molar-refractivity contribution in [2.45, 2.75) is 58.0 Å². The van der Waals surface area contributed by atoms with Gasteiger partial charge in [-0.05, 0) is 31.2 Å². The topological polar surface area (TPSA) is 26.3 Å². The van der Waals surface area contributed by atoms with Crippen LogP contribution in [0.5, 0.6) is 0 Å². The van der Waals surface area contributed by atoms with Crippen LogP contribution in [0.25, 0.3) is 0 Å². The third-order valence-corrected chi connectivity index (χ3v) is 4.20. The van der Waals surface area contributed by atoms with Crippen LogP contribution >= 0.6 is 0 Å². The molecule has 0 N–H and O–H groups in total. The van der Waals surface area contributed by atoms with Crippen LogP contribution in [0.2, 0.25) is 0 Å². The van der Waals surface area contributed by atoms with Crippen molar-refractivity contribution in [3.8, 4) is 0 Å². The van der Waals surface area contributed by atoms with Crippen LogP contribution in [-0.4, -0.2) is 12.1 Å². The van der Waals surface area contributed by atoms with Crippen LogP contribution in [0.3, 0.4) is 0 Å². The molecule has 1 aromatic rings. The number of carbonyl (C=O) groups excluding carboxylic acids is 1. The Hall–Kier alpha value is -1.31. The first-order chi connectivity index (χ1) is 9.22. The van der Waals surface area contributed by atoms with Crippen LogP contribution in [0.1, 0.15) is 57.4 Å². The summed E-state index contributed by atoms with van der Waals surface area (Å²) in [5.41, 5.74) is 1.31. The van der Waals surface area contributed by atoms with E-state index in [0.29, 0.717) is 18.3 Å². The minimum absolute atomic E-state index is 0.0297. The summed E-state index contributed by atoms with van der Waals surface area (Å²) >= 11 is 0. The Morgan fingerprint density at radius 2 is 1.89 bits per heavy atom. The van der Waals surface area contributed by atoms with Crippen LogP contribution in [0.15, 0.2) is 30.3 Å². The van der Waals surface area contributed by atoms with Crippen molar-refractivity contribution in [3.05, 3.63) is 35.9 Å². The van der Waals surface area contributed by atoms with E-state index in [-0.39, 0.29) is 12.1 Å². The highest BCUT2D eigenvalue weighted by Crippen LogP contribution is 2.40. The van der Waals surface area contributed by atoms with Gasteiger partial charge in [0.25, 0.3) is 0 Å². The molecule has 1 aromatic carbocycles. The third-order valence-electron chi connectivity index (χ3n) is 4.20. The lowest BCUT2D eigenvalue weighted by atomic mass is 9.81. The number of benzene rings is 1. The van der Waals surface area contributed by atoms with Crippen molar-refractivity contribution < 1.29 is 9.53 Å². The predicted molar refractivity (Wildman–Crippen MR) is 77.0 cm³/mol. The average Bonchev–Trinajstić information content (AvgIpc) is 2.94. The van der Waals surface area contributed by atoms with E-state index in [2.05, 4.69) is 24.3 Å². The molecule has 0 bridgehead atoms. The maximum absolute atomic E-state index is 11.6. The van der Waals surface area contributed by atoms with E-state index in [1.807, 2.05) is 19.9 Å². The van der Waals surface area contributed by atoms with E-state index in [9.17, 15) is 4.79 Å². The number of ether oxygens (including phenoxy) is 1. The minimum atomic E-state index is -0.0913. The summed E-state index contributed by atoms with van der Waals surface area (Å²) in [6.45, 7) is 3.89. The molecule has 0 spiro atoms. The SMILES string of the molecule is CCC(=O)OC(C)C(c1ccccc1)C1CCCC1. The van der Waals surface area contributed by atoms with Gasteiger partial charge in [-0.2, -0.15) is 0 Å². The average molecular weight is 260 g/mol. The largest absolute Gasteiger partial charge is 0.462 e. The fourth-order valence-corrected chi connectivity index (χ4v) is 3.28. The van der Waals surface area contributed by atoms with Crippen molar-refractivity contribution in [1.29, 1.82) is 0 Å². The number of hydrogen-bond donors (Lipinski definition) is 0. The summed E-state index contributed by atoms with van der Waals surface area (Å²) in [5.74, 6) is 0.910. The van der Waals surface area contributed by atoms with E-state index >= 15 is 0 Å². The zero-order valence-corrected chi connectivity index (χ0v) is 12.0. The molecule has 0 aromatic heterocycles. The molecule has 1 saturated carbocycles. The molecule has 19 heavy (non-hydrogen) atoms. The Balaban J connectivity index is 2.16. The van der Waals surface area contributed by atoms with Crippen LogP contribution < -0.4 is 0 Å². The highest BCUT2D eigenvalue weighted by atomic mass is 16.5. The first-order valence-electron chi connectivity index (χ1n) is 7.46. The maximum Gasteiger partial charge on any atom is 0.305 e. The normalized spacial score (nSPS) is 19.1. The molecule has 2 heteroatoms. The van der Waals surface area contributed by atoms with E-state index in [0.717, 1.165) is 0 Å². The van der Waals surface area contributed by atoms with Gasteiger partial charge in [0.1, 0.15) is 6.10 Å². The molecule has 0 saturated heterocycles. The first kappa shape index (κ1) is 14.1. The van der Waals surface area contributed by atoms with Crippen molar-refractivity contribution in [1.82, 2.24) is 0 Å². The van der Waals surface area contributed by atoms with Crippen molar-refractivity contribution >= 4 is 5.97 Å². The fourth-order valence-electron chi connectivity index (χ4n) is 3.28. The monoisotopic (exact) mass is 260 g/mol. The van der Waals surface area contributed by atoms with Crippen LogP contribution in [-0.2, 0) is 9.53 Å². The fraction of sp³-hybridized carbons (Fsp3) is 0.588. The van der Waals surface area contributed by atoms with Gasteiger partial charge in [-0.25, -0.2) is 0 Å². The number of esters is 1. The second-order valence-electron chi connectivity index (χ2n) is 5.53. The van der Waals surface area contributed by atoms with E-state index in [4.69, 9.17) is 4.74 Å². The molecule has 1 aliphatic carbocycles. The van der Waals surface area contributed by atoms with Gasteiger partial charge < -0.3 is 4.74 Å². The van der Waals surface area contributed by atoms with E-state index < -0.39 is 0 Å². The molecule has 0 amide bonds. The molecule has 2 nitrogen and oxygen atoms in total. The van der Waals surface area contributed by atoms with E-state index in [1.165, 1.54) is 31.2 Å². The third kappa shape index (κ3) is 3.59. The van der Waals surface area contributed by atoms with Crippen molar-refractivity contribution in [3.63, 3.8) is 0 Å². The highest BCUT2D eigenvalue weighted by Gasteiger charge is 2.32. The standard InChI is InChI=1S/C17H24O2/c1-3-16(18)19-13(2)17(15-11-7-8-12-15)14-9-5-4-6-10-14/h4-6,9-10,13,15,17H,3,7-8,11-12H2,1-2H3. The summed E-state index contributed by atoms with van der Waals surface area (Å²) in [5, 5.41) is 0. The van der Waals surface area contributed by atoms with Crippen molar-refractivity contribution in [2.24, 2.45) is 5.92 Å². The molecule has 1 aliphatic rings. The molecule has 0 heterocycles. The number of carbonyl (C=O) groups is 1. The summed E-state index contributed by atoms with van der Waals surface area (Å²) in [6.07, 6.45) is 5.56. The van der Waals surface area contributed by atoms with Gasteiger partial charge in [0.2, 0.25) is 0 Å². The predicted octanol–water partition coefficient (Wildman–Crippen LogP) is 4.30. The Labute approximate surface area is 116 Å². The van der Waals surface area contributed by atoms with Gasteiger partial charge in [0.15, 0.2) is 0 Å². The summed E-state index contributed by atoms with van der Waals surface area (Å²) < 4.78 is 5.59. The Morgan fingerprint density at radius 3 is 2.47 bits per heavy atom. The minimum Gasteiger partial charge on any atom is -0.462 e. The maximum atomic E-state index is 11.6. The summed E-state index contributed by atoms with van der Waals surface area (Å²) in [4.78, 5) is 11.6. The quantitative estimate of drug-likeness (QED) is 0.738. The Kier molecular flexibility index (Phi) is 5.00. The second kappa shape index (κ2) is 6.74. The highest BCUT2D eigenvalue weighted by molar-refractivity contribution is 5.69. The summed E-state index contributed by atoms with van der Waals surface area (Å²) in [6, 6.07) is 10.5. The molecule has 2 atom stereocenters. The molecular formula is C17H24O2. The molecule has 2 rings (SSSR count). The molecule has 0 aliphatic heterocycles. The summed E-state index contributed by atoms with van der Waals surface area (Å²) in [7, 11) is 0. The van der Waals surface area contributed by atoms with Gasteiger partial charge in [-0.3, -0.25) is 4.79 Å². The zero-order chi connectivity index (χ0) is 13.7. The van der Waals surface area contributed by atoms with Gasteiger partial charge in [-0.1, -0.05) is 50.1 Å². The number of rotatable bonds is 5. The molecular weight excluding hydrogens is 236 g/mol. The second-order valence-corrected chi connectivity index (χ2v) is 5.53. The van der Waals surface area contributed by atoms with Gasteiger partial charge in [-0.15, -0.1) is 0 Å². The number of hydrogen-bond acceptors (Lipinski definition) is 2. The van der Waals surface area contributed by atoms with Gasteiger partial charge >= 0.3 is 5.97 Å². The first-order valence-corrected chi connectivity index (χ1v) is 7.46. The van der Waals surface area contributed by atoms with Crippen molar-refractivity contribution in [2.75, 3.05) is 0 Å². The smallest absolute Gasteiger partial charge is 0.305 e. The Bertz CT molecular complexity index is 393. The molecule has 0 radical (unpaired) electrons. The Morgan fingerprint density at radius 1 is 1.26 bits per heavy atom. The van der Waals surface area contributed by atoms with E-state index in [1.54, 1.807) is 0 Å². The lowest BCUT2D eigenvalue weighted by Gasteiger charge is -2.29. The van der Waals surface area contributed by atoms with Crippen LogP contribution in [0.4, 0.5) is 0 Å².